The molecule has 0 aromatic carbocycles. The number of hydrogen-bond acceptors (Lipinski definition) is 3. The van der Waals surface area contributed by atoms with Crippen LogP contribution in [0.1, 0.15) is 63.8 Å². The Morgan fingerprint density at radius 1 is 0.792 bits per heavy atom. The van der Waals surface area contributed by atoms with Crippen molar-refractivity contribution < 1.29 is 46.0 Å². The fourth-order valence-electron chi connectivity index (χ4n) is 0.0206. The maximum absolute atomic E-state index is 11.6. The Morgan fingerprint density at radius 2 is 1.00 bits per heavy atom. The van der Waals surface area contributed by atoms with Crippen LogP contribution in [-0.4, -0.2) is 33.2 Å². The second-order valence-electron chi connectivity index (χ2n) is 2.64. The van der Waals surface area contributed by atoms with Crippen LogP contribution in [0.15, 0.2) is 0 Å². The van der Waals surface area contributed by atoms with Crippen LogP contribution < -0.4 is 0 Å². The summed E-state index contributed by atoms with van der Waals surface area (Å²) in [6, 6.07) is 0. The van der Waals surface area contributed by atoms with Crippen molar-refractivity contribution in [1.29, 1.82) is 0 Å². The highest BCUT2D eigenvalue weighted by Gasteiger charge is 2.24. The van der Waals surface area contributed by atoms with Crippen molar-refractivity contribution in [2.45, 2.75) is 69.7 Å². The van der Waals surface area contributed by atoms with Crippen molar-refractivity contribution in [3.63, 3.8) is 0 Å². The molecule has 0 saturated heterocycles. The van der Waals surface area contributed by atoms with Gasteiger partial charge in [0.05, 0.1) is 13.8 Å². The third kappa shape index (κ3) is 163. The van der Waals surface area contributed by atoms with E-state index >= 15 is 0 Å². The standard InChI is InChI=1S/C3H5F3O.C3H8.C2H5FO.CH2F2O.CH3F.4CH4/c1-3(5,2-4)7-6;1-3-2;1-2-4-3;2-1-4-3;1-2;;;;/h2H2,1H3;3H2,1-2H3;2H2,1H3;1H2;1H3;4*1H4. The first-order valence-electron chi connectivity index (χ1n) is 5.32. The number of alkyl halides is 4. The number of hydrogen-bond donors (Lipinski definition) is 0. The fraction of sp³-hybridized carbons (Fsp3) is 1.00. The minimum absolute atomic E-state index is 0. The highest BCUT2D eigenvalue weighted by Crippen LogP contribution is 2.11. The maximum atomic E-state index is 11.6. The predicted molar refractivity (Wildman–Crippen MR) is 88.5 cm³/mol. The van der Waals surface area contributed by atoms with E-state index in [-0.39, 0.29) is 36.3 Å². The summed E-state index contributed by atoms with van der Waals surface area (Å²) in [4.78, 5) is 7.96. The van der Waals surface area contributed by atoms with Crippen LogP contribution in [0.25, 0.3) is 0 Å². The summed E-state index contributed by atoms with van der Waals surface area (Å²) in [5.41, 5.74) is 0. The van der Waals surface area contributed by atoms with Crippen LogP contribution in [-0.2, 0) is 14.8 Å². The molecule has 0 amide bonds. The van der Waals surface area contributed by atoms with Gasteiger partial charge in [0.15, 0.2) is 6.67 Å². The Morgan fingerprint density at radius 3 is 1.00 bits per heavy atom. The molecule has 0 radical (unpaired) electrons. The van der Waals surface area contributed by atoms with Gasteiger partial charge in [-0.05, 0) is 20.5 Å². The molecular formula is C14H39F7O3. The molecule has 0 fully saturated rings. The van der Waals surface area contributed by atoms with E-state index in [1.165, 1.54) is 6.42 Å². The lowest BCUT2D eigenvalue weighted by atomic mass is 10.4. The first-order valence-corrected chi connectivity index (χ1v) is 5.32. The van der Waals surface area contributed by atoms with E-state index in [2.05, 4.69) is 28.7 Å². The largest absolute Gasteiger partial charge is 0.271 e. The highest BCUT2D eigenvalue weighted by molar-refractivity contribution is 4.52. The highest BCUT2D eigenvalue weighted by atomic mass is 19.3. The summed E-state index contributed by atoms with van der Waals surface area (Å²) < 4.78 is 73.0. The van der Waals surface area contributed by atoms with Crippen molar-refractivity contribution in [2.24, 2.45) is 0 Å². The number of rotatable bonds is 4. The van der Waals surface area contributed by atoms with E-state index in [9.17, 15) is 31.1 Å². The van der Waals surface area contributed by atoms with Gasteiger partial charge in [-0.1, -0.05) is 50.0 Å². The summed E-state index contributed by atoms with van der Waals surface area (Å²) in [5.74, 6) is -2.75. The first-order chi connectivity index (χ1) is 9.36. The van der Waals surface area contributed by atoms with Crippen LogP contribution in [0.4, 0.5) is 31.1 Å². The van der Waals surface area contributed by atoms with Gasteiger partial charge in [-0.15, -0.1) is 0 Å². The lowest BCUT2D eigenvalue weighted by Gasteiger charge is -2.06. The van der Waals surface area contributed by atoms with Crippen LogP contribution in [0.3, 0.4) is 0 Å². The molecular weight excluding hydrogens is 349 g/mol. The second kappa shape index (κ2) is 66.7. The van der Waals surface area contributed by atoms with Crippen molar-refractivity contribution in [3.8, 4) is 0 Å². The molecule has 1 atom stereocenters. The van der Waals surface area contributed by atoms with Crippen LogP contribution in [0.5, 0.6) is 0 Å². The van der Waals surface area contributed by atoms with E-state index in [0.29, 0.717) is 14.1 Å². The van der Waals surface area contributed by atoms with E-state index in [4.69, 9.17) is 0 Å². The van der Waals surface area contributed by atoms with Gasteiger partial charge in [0.25, 0.3) is 5.85 Å². The van der Waals surface area contributed by atoms with Gasteiger partial charge in [-0.3, -0.25) is 4.39 Å². The van der Waals surface area contributed by atoms with Crippen molar-refractivity contribution >= 4 is 0 Å². The van der Waals surface area contributed by atoms with Gasteiger partial charge in [0.2, 0.25) is 6.86 Å². The van der Waals surface area contributed by atoms with E-state index in [0.717, 1.165) is 0 Å². The van der Waals surface area contributed by atoms with Crippen molar-refractivity contribution in [2.75, 3.05) is 27.3 Å². The Hall–Kier alpha value is -0.610. The molecule has 3 nitrogen and oxygen atoms in total. The van der Waals surface area contributed by atoms with E-state index < -0.39 is 19.4 Å². The molecule has 0 aliphatic carbocycles. The first kappa shape index (κ1) is 56.6. The summed E-state index contributed by atoms with van der Waals surface area (Å²) in [7, 11) is 0.500. The molecule has 0 aliphatic heterocycles. The van der Waals surface area contributed by atoms with Crippen LogP contribution in [0.2, 0.25) is 0 Å². The molecule has 0 N–H and O–H groups in total. The monoisotopic (exact) mass is 388 g/mol. The molecule has 24 heavy (non-hydrogen) atoms. The molecule has 0 aromatic rings. The Kier molecular flexibility index (Phi) is 157. The fourth-order valence-corrected chi connectivity index (χ4v) is 0.0206. The van der Waals surface area contributed by atoms with Gasteiger partial charge >= 0.3 is 0 Å². The van der Waals surface area contributed by atoms with Gasteiger partial charge in [0, 0.05) is 6.92 Å². The average Bonchev–Trinajstić information content (AvgIpc) is 2.50. The zero-order valence-electron chi connectivity index (χ0n) is 12.2. The normalized spacial score (nSPS) is 9.00. The SMILES string of the molecule is C.C.C.C.CC(F)(CF)OF.CCC.CCOF.CF.FCOF. The molecule has 0 spiro atoms. The summed E-state index contributed by atoms with van der Waals surface area (Å²) in [6.07, 6.45) is 1.25. The van der Waals surface area contributed by atoms with Gasteiger partial charge in [-0.25, -0.2) is 13.2 Å². The lowest BCUT2D eigenvalue weighted by Crippen LogP contribution is -2.20. The third-order valence-corrected chi connectivity index (χ3v) is 0.550. The van der Waals surface area contributed by atoms with Gasteiger partial charge < -0.3 is 0 Å². The molecule has 0 aromatic heterocycles. The lowest BCUT2D eigenvalue weighted by molar-refractivity contribution is -0.289. The Balaban J connectivity index is -0.0000000170. The van der Waals surface area contributed by atoms with Gasteiger partial charge in [0.1, 0.15) is 0 Å². The zero-order valence-corrected chi connectivity index (χ0v) is 12.2. The van der Waals surface area contributed by atoms with Crippen molar-refractivity contribution in [1.82, 2.24) is 0 Å². The summed E-state index contributed by atoms with van der Waals surface area (Å²) in [6.45, 7) is 3.83. The average molecular weight is 388 g/mol. The molecule has 162 valence electrons. The molecule has 10 heteroatoms. The molecule has 0 saturated carbocycles. The molecule has 0 rings (SSSR count). The van der Waals surface area contributed by atoms with Crippen LogP contribution >= 0.6 is 0 Å². The van der Waals surface area contributed by atoms with E-state index in [1.807, 2.05) is 0 Å². The molecule has 0 heterocycles. The second-order valence-corrected chi connectivity index (χ2v) is 2.64. The summed E-state index contributed by atoms with van der Waals surface area (Å²) >= 11 is 0. The van der Waals surface area contributed by atoms with Crippen molar-refractivity contribution in [3.05, 3.63) is 0 Å². The molecule has 1 unspecified atom stereocenters. The third-order valence-electron chi connectivity index (χ3n) is 0.550. The Bertz CT molecular complexity index is 111. The Labute approximate surface area is 144 Å². The topological polar surface area (TPSA) is 27.7 Å². The molecule has 0 aliphatic rings. The molecule has 0 bridgehead atoms. The van der Waals surface area contributed by atoms with Gasteiger partial charge in [-0.2, -0.15) is 14.8 Å². The quantitative estimate of drug-likeness (QED) is 0.460. The predicted octanol–water partition coefficient (Wildman–Crippen LogP) is 7.81. The zero-order chi connectivity index (χ0) is 17.4. The minimum atomic E-state index is -2.75. The smallest absolute Gasteiger partial charge is 0.255 e. The maximum Gasteiger partial charge on any atom is 0.271 e. The van der Waals surface area contributed by atoms with Crippen LogP contribution in [0, 0.1) is 0 Å². The van der Waals surface area contributed by atoms with E-state index in [1.54, 1.807) is 6.92 Å². The number of halogens is 7. The minimum Gasteiger partial charge on any atom is -0.255 e. The summed E-state index contributed by atoms with van der Waals surface area (Å²) in [5, 5.41) is 0.